The van der Waals surface area contributed by atoms with Crippen molar-refractivity contribution in [3.63, 3.8) is 0 Å². The summed E-state index contributed by atoms with van der Waals surface area (Å²) in [5.41, 5.74) is 2.48. The Morgan fingerprint density at radius 3 is 2.57 bits per heavy atom. The highest BCUT2D eigenvalue weighted by Crippen LogP contribution is 2.50. The summed E-state index contributed by atoms with van der Waals surface area (Å²) in [6, 6.07) is 15.8. The van der Waals surface area contributed by atoms with Gasteiger partial charge >= 0.3 is 0 Å². The van der Waals surface area contributed by atoms with Gasteiger partial charge in [0.1, 0.15) is 5.82 Å². The van der Waals surface area contributed by atoms with Crippen molar-refractivity contribution < 1.29 is 9.18 Å². The summed E-state index contributed by atoms with van der Waals surface area (Å²) in [5, 5.41) is 2.74. The van der Waals surface area contributed by atoms with E-state index in [0.29, 0.717) is 5.92 Å². The molecule has 2 aliphatic rings. The van der Waals surface area contributed by atoms with Crippen molar-refractivity contribution in [2.75, 3.05) is 18.0 Å². The van der Waals surface area contributed by atoms with Crippen LogP contribution in [-0.2, 0) is 0 Å². The Morgan fingerprint density at radius 2 is 1.89 bits per heavy atom. The lowest BCUT2D eigenvalue weighted by atomic mass is 9.92. The third kappa shape index (κ3) is 4.21. The minimum absolute atomic E-state index is 0.00401. The largest absolute Gasteiger partial charge is 0.371 e. The van der Waals surface area contributed by atoms with Crippen molar-refractivity contribution in [2.24, 2.45) is 11.8 Å². The maximum atomic E-state index is 14.3. The van der Waals surface area contributed by atoms with Crippen LogP contribution in [0.5, 0.6) is 0 Å². The molecule has 2 aromatic rings. The van der Waals surface area contributed by atoms with Crippen molar-refractivity contribution in [2.45, 2.75) is 45.1 Å². The number of carbonyl (C=O) groups is 1. The van der Waals surface area contributed by atoms with Gasteiger partial charge in [-0.15, -0.1) is 0 Å². The molecule has 1 N–H and O–H groups in total. The van der Waals surface area contributed by atoms with Crippen LogP contribution in [0.15, 0.2) is 48.5 Å². The zero-order valence-corrected chi connectivity index (χ0v) is 16.7. The molecule has 148 valence electrons. The van der Waals surface area contributed by atoms with E-state index in [-0.39, 0.29) is 17.5 Å². The highest BCUT2D eigenvalue weighted by atomic mass is 19.1. The topological polar surface area (TPSA) is 32.3 Å². The predicted molar refractivity (Wildman–Crippen MR) is 111 cm³/mol. The first-order valence-electron chi connectivity index (χ1n) is 10.4. The lowest BCUT2D eigenvalue weighted by molar-refractivity contribution is 0.0939. The van der Waals surface area contributed by atoms with Crippen LogP contribution in [0.3, 0.4) is 0 Å². The Hall–Kier alpha value is -2.36. The van der Waals surface area contributed by atoms with E-state index >= 15 is 0 Å². The van der Waals surface area contributed by atoms with E-state index in [1.807, 2.05) is 19.9 Å². The molecule has 4 rings (SSSR count). The average molecular weight is 381 g/mol. The van der Waals surface area contributed by atoms with Crippen molar-refractivity contribution in [3.8, 4) is 0 Å². The van der Waals surface area contributed by atoms with E-state index in [9.17, 15) is 9.18 Å². The van der Waals surface area contributed by atoms with Crippen LogP contribution in [-0.4, -0.2) is 25.0 Å². The molecule has 1 saturated heterocycles. The molecule has 1 saturated carbocycles. The van der Waals surface area contributed by atoms with Gasteiger partial charge in [-0.1, -0.05) is 30.3 Å². The van der Waals surface area contributed by atoms with Crippen molar-refractivity contribution >= 4 is 11.6 Å². The molecule has 1 heterocycles. The summed E-state index contributed by atoms with van der Waals surface area (Å²) in [7, 11) is 0. The van der Waals surface area contributed by atoms with Crippen molar-refractivity contribution in [3.05, 3.63) is 65.5 Å². The summed E-state index contributed by atoms with van der Waals surface area (Å²) in [4.78, 5) is 14.2. The molecule has 2 unspecified atom stereocenters. The van der Waals surface area contributed by atoms with Gasteiger partial charge in [-0.05, 0) is 74.6 Å². The molecule has 28 heavy (non-hydrogen) atoms. The number of amides is 1. The Kier molecular flexibility index (Phi) is 5.38. The first kappa shape index (κ1) is 19.0. The maximum absolute atomic E-state index is 14.3. The van der Waals surface area contributed by atoms with Crippen LogP contribution in [0.25, 0.3) is 0 Å². The van der Waals surface area contributed by atoms with Crippen LogP contribution in [0.4, 0.5) is 10.1 Å². The summed E-state index contributed by atoms with van der Waals surface area (Å²) in [6.45, 7) is 5.71. The Labute approximate surface area is 166 Å². The molecule has 2 fully saturated rings. The molecule has 0 radical (unpaired) electrons. The van der Waals surface area contributed by atoms with Crippen LogP contribution >= 0.6 is 0 Å². The van der Waals surface area contributed by atoms with Gasteiger partial charge in [0, 0.05) is 24.8 Å². The Bertz CT molecular complexity index is 830. The van der Waals surface area contributed by atoms with Crippen LogP contribution in [0, 0.1) is 17.7 Å². The van der Waals surface area contributed by atoms with Crippen molar-refractivity contribution in [1.29, 1.82) is 0 Å². The van der Waals surface area contributed by atoms with Gasteiger partial charge in [-0.3, -0.25) is 4.79 Å². The van der Waals surface area contributed by atoms with Gasteiger partial charge in [0.15, 0.2) is 0 Å². The fraction of sp³-hybridized carbons (Fsp3) is 0.458. The molecule has 2 aromatic carbocycles. The molecule has 1 aliphatic heterocycles. The SMILES string of the molecule is CC(C)NC(=O)c1ccc(N2CC(CCC3CC3c3ccccc3)C2)cc1F. The van der Waals surface area contributed by atoms with E-state index in [1.54, 1.807) is 6.07 Å². The third-order valence-electron chi connectivity index (χ3n) is 6.04. The minimum Gasteiger partial charge on any atom is -0.371 e. The van der Waals surface area contributed by atoms with Gasteiger partial charge in [0.2, 0.25) is 0 Å². The zero-order valence-electron chi connectivity index (χ0n) is 16.7. The first-order valence-corrected chi connectivity index (χ1v) is 10.4. The number of hydrogen-bond acceptors (Lipinski definition) is 2. The molecule has 3 nitrogen and oxygen atoms in total. The maximum Gasteiger partial charge on any atom is 0.254 e. The lowest BCUT2D eigenvalue weighted by Gasteiger charge is -2.41. The number of halogens is 1. The molecule has 1 aliphatic carbocycles. The number of rotatable bonds is 7. The fourth-order valence-electron chi connectivity index (χ4n) is 4.31. The van der Waals surface area contributed by atoms with Gasteiger partial charge < -0.3 is 10.2 Å². The van der Waals surface area contributed by atoms with Gasteiger partial charge in [0.05, 0.1) is 5.56 Å². The molecular weight excluding hydrogens is 351 g/mol. The quantitative estimate of drug-likeness (QED) is 0.734. The molecule has 0 spiro atoms. The third-order valence-corrected chi connectivity index (χ3v) is 6.04. The second-order valence-corrected chi connectivity index (χ2v) is 8.65. The number of nitrogens with one attached hydrogen (secondary N) is 1. The highest BCUT2D eigenvalue weighted by Gasteiger charge is 2.39. The van der Waals surface area contributed by atoms with E-state index in [1.165, 1.54) is 30.9 Å². The predicted octanol–water partition coefficient (Wildman–Crippen LogP) is 4.98. The van der Waals surface area contributed by atoms with Crippen molar-refractivity contribution in [1.82, 2.24) is 5.32 Å². The Balaban J connectivity index is 1.23. The summed E-state index contributed by atoms with van der Waals surface area (Å²) >= 11 is 0. The monoisotopic (exact) mass is 380 g/mol. The van der Waals surface area contributed by atoms with Gasteiger partial charge in [-0.25, -0.2) is 4.39 Å². The molecule has 2 atom stereocenters. The second-order valence-electron chi connectivity index (χ2n) is 8.65. The number of benzene rings is 2. The molecule has 1 amide bonds. The number of hydrogen-bond donors (Lipinski definition) is 1. The fourth-order valence-corrected chi connectivity index (χ4v) is 4.31. The second kappa shape index (κ2) is 7.94. The molecule has 0 aromatic heterocycles. The summed E-state index contributed by atoms with van der Waals surface area (Å²) < 4.78 is 14.3. The van der Waals surface area contributed by atoms with Crippen LogP contribution in [0.2, 0.25) is 0 Å². The van der Waals surface area contributed by atoms with E-state index in [4.69, 9.17) is 0 Å². The Morgan fingerprint density at radius 1 is 1.14 bits per heavy atom. The van der Waals surface area contributed by atoms with Gasteiger partial charge in [0.25, 0.3) is 5.91 Å². The van der Waals surface area contributed by atoms with Gasteiger partial charge in [-0.2, -0.15) is 0 Å². The number of nitrogens with zero attached hydrogens (tertiary/aromatic N) is 1. The molecule has 4 heteroatoms. The number of carbonyl (C=O) groups excluding carboxylic acids is 1. The van der Waals surface area contributed by atoms with E-state index in [0.717, 1.165) is 30.6 Å². The molecule has 0 bridgehead atoms. The number of anilines is 1. The van der Waals surface area contributed by atoms with Crippen LogP contribution in [0.1, 0.15) is 54.9 Å². The first-order chi connectivity index (χ1) is 13.5. The lowest BCUT2D eigenvalue weighted by Crippen LogP contribution is -2.46. The highest BCUT2D eigenvalue weighted by molar-refractivity contribution is 5.95. The average Bonchev–Trinajstić information content (AvgIpc) is 3.40. The smallest absolute Gasteiger partial charge is 0.254 e. The zero-order chi connectivity index (χ0) is 19.7. The summed E-state index contributed by atoms with van der Waals surface area (Å²) in [6.07, 6.45) is 3.87. The molecular formula is C24H29FN2O. The normalized spacial score (nSPS) is 21.5. The minimum atomic E-state index is -0.442. The standard InChI is InChI=1S/C24H29FN2O/c1-16(2)26-24(28)21-11-10-20(13-23(21)25)27-14-17(15-27)8-9-19-12-22(19)18-6-4-3-5-7-18/h3-7,10-11,13,16-17,19,22H,8-9,12,14-15H2,1-2H3,(H,26,28). The van der Waals surface area contributed by atoms with E-state index in [2.05, 4.69) is 40.5 Å². The van der Waals surface area contributed by atoms with Crippen LogP contribution < -0.4 is 10.2 Å². The summed E-state index contributed by atoms with van der Waals surface area (Å²) in [5.74, 6) is 1.51. The van der Waals surface area contributed by atoms with E-state index < -0.39 is 5.82 Å².